The summed E-state index contributed by atoms with van der Waals surface area (Å²) in [5.74, 6) is -0.546. The van der Waals surface area contributed by atoms with Gasteiger partial charge >= 0.3 is 5.97 Å². The maximum absolute atomic E-state index is 11.9. The van der Waals surface area contributed by atoms with Gasteiger partial charge in [0.2, 0.25) is 0 Å². The molecule has 2 aromatic rings. The first kappa shape index (κ1) is 24.4. The van der Waals surface area contributed by atoms with Gasteiger partial charge in [-0.15, -0.1) is 0 Å². The first-order chi connectivity index (χ1) is 14.8. The standard InChI is InChI=1S/C24H29ClN2O4/c1-17(2)19-7-5-18(6-8-19)13-15-26-22(28)16-31-23(29)4-3-14-27-24(30)20-9-11-21(25)12-10-20/h5-12,17H,3-4,13-16H2,1-2H3,(H,26,28)(H,27,30). The van der Waals surface area contributed by atoms with Gasteiger partial charge in [0.05, 0.1) is 0 Å². The number of carbonyl (C=O) groups is 3. The second-order valence-electron chi connectivity index (χ2n) is 7.52. The molecule has 0 aromatic heterocycles. The zero-order chi connectivity index (χ0) is 22.6. The van der Waals surface area contributed by atoms with Crippen molar-refractivity contribution in [1.82, 2.24) is 10.6 Å². The summed E-state index contributed by atoms with van der Waals surface area (Å²) in [6.07, 6.45) is 1.26. The number of hydrogen-bond donors (Lipinski definition) is 2. The monoisotopic (exact) mass is 444 g/mol. The topological polar surface area (TPSA) is 84.5 Å². The first-order valence-electron chi connectivity index (χ1n) is 10.4. The Labute approximate surface area is 188 Å². The number of carbonyl (C=O) groups excluding carboxylic acids is 3. The van der Waals surface area contributed by atoms with Crippen molar-refractivity contribution in [3.05, 3.63) is 70.2 Å². The summed E-state index contributed by atoms with van der Waals surface area (Å²) in [6, 6.07) is 14.9. The molecule has 0 bridgehead atoms. The van der Waals surface area contributed by atoms with E-state index < -0.39 is 5.97 Å². The van der Waals surface area contributed by atoms with Gasteiger partial charge in [0, 0.05) is 30.1 Å². The number of ether oxygens (including phenoxy) is 1. The van der Waals surface area contributed by atoms with Gasteiger partial charge in [-0.05, 0) is 54.2 Å². The molecule has 6 nitrogen and oxygen atoms in total. The van der Waals surface area contributed by atoms with E-state index in [9.17, 15) is 14.4 Å². The quantitative estimate of drug-likeness (QED) is 0.407. The maximum Gasteiger partial charge on any atom is 0.306 e. The number of esters is 1. The molecule has 0 radical (unpaired) electrons. The Bertz CT molecular complexity index is 864. The molecule has 0 spiro atoms. The van der Waals surface area contributed by atoms with Gasteiger partial charge in [-0.3, -0.25) is 14.4 Å². The molecule has 0 fully saturated rings. The third-order valence-corrected chi connectivity index (χ3v) is 4.95. The van der Waals surface area contributed by atoms with Crippen molar-refractivity contribution in [2.24, 2.45) is 0 Å². The number of halogens is 1. The van der Waals surface area contributed by atoms with E-state index in [1.54, 1.807) is 24.3 Å². The average molecular weight is 445 g/mol. The molecule has 0 atom stereocenters. The molecule has 2 N–H and O–H groups in total. The number of benzene rings is 2. The predicted octanol–water partition coefficient (Wildman–Crippen LogP) is 3.88. The highest BCUT2D eigenvalue weighted by Gasteiger charge is 2.09. The lowest BCUT2D eigenvalue weighted by atomic mass is 10.0. The Morgan fingerprint density at radius 1 is 0.935 bits per heavy atom. The summed E-state index contributed by atoms with van der Waals surface area (Å²) in [5, 5.41) is 6.03. The van der Waals surface area contributed by atoms with Crippen molar-refractivity contribution < 1.29 is 19.1 Å². The summed E-state index contributed by atoms with van der Waals surface area (Å²) < 4.78 is 4.98. The van der Waals surface area contributed by atoms with Gasteiger partial charge in [0.1, 0.15) is 0 Å². The van der Waals surface area contributed by atoms with Gasteiger partial charge in [-0.25, -0.2) is 0 Å². The van der Waals surface area contributed by atoms with Crippen LogP contribution in [0.15, 0.2) is 48.5 Å². The van der Waals surface area contributed by atoms with Crippen molar-refractivity contribution in [2.75, 3.05) is 19.7 Å². The molecular weight excluding hydrogens is 416 g/mol. The first-order valence-corrected chi connectivity index (χ1v) is 10.8. The largest absolute Gasteiger partial charge is 0.456 e. The fraction of sp³-hybridized carbons (Fsp3) is 0.375. The second-order valence-corrected chi connectivity index (χ2v) is 7.96. The summed E-state index contributed by atoms with van der Waals surface area (Å²) in [7, 11) is 0. The molecule has 0 unspecified atom stereocenters. The van der Waals surface area contributed by atoms with E-state index in [-0.39, 0.29) is 24.8 Å². The Balaban J connectivity index is 1.54. The summed E-state index contributed by atoms with van der Waals surface area (Å²) in [4.78, 5) is 35.5. The van der Waals surface area contributed by atoms with Crippen molar-refractivity contribution in [3.63, 3.8) is 0 Å². The Kier molecular flexibility index (Phi) is 10.0. The van der Waals surface area contributed by atoms with E-state index in [1.807, 2.05) is 0 Å². The Morgan fingerprint density at radius 3 is 2.26 bits per heavy atom. The van der Waals surface area contributed by atoms with Crippen LogP contribution in [0, 0.1) is 0 Å². The van der Waals surface area contributed by atoms with Crippen LogP contribution in [0.25, 0.3) is 0 Å². The Morgan fingerprint density at radius 2 is 1.61 bits per heavy atom. The van der Waals surface area contributed by atoms with E-state index in [0.717, 1.165) is 5.56 Å². The van der Waals surface area contributed by atoms with E-state index in [2.05, 4.69) is 48.7 Å². The third kappa shape index (κ3) is 9.22. The molecular formula is C24H29ClN2O4. The lowest BCUT2D eigenvalue weighted by Gasteiger charge is -2.09. The van der Waals surface area contributed by atoms with Gasteiger partial charge in [0.15, 0.2) is 6.61 Å². The van der Waals surface area contributed by atoms with E-state index in [1.165, 1.54) is 5.56 Å². The molecule has 166 valence electrons. The number of amides is 2. The van der Waals surface area contributed by atoms with Crippen molar-refractivity contribution in [2.45, 2.75) is 39.0 Å². The van der Waals surface area contributed by atoms with Crippen LogP contribution in [0.4, 0.5) is 0 Å². The molecule has 0 aliphatic carbocycles. The normalized spacial score (nSPS) is 10.6. The van der Waals surface area contributed by atoms with Crippen LogP contribution < -0.4 is 10.6 Å². The fourth-order valence-electron chi connectivity index (χ4n) is 2.82. The van der Waals surface area contributed by atoms with E-state index in [0.29, 0.717) is 42.4 Å². The zero-order valence-electron chi connectivity index (χ0n) is 17.9. The lowest BCUT2D eigenvalue weighted by molar-refractivity contribution is -0.148. The van der Waals surface area contributed by atoms with Crippen LogP contribution in [-0.4, -0.2) is 37.5 Å². The van der Waals surface area contributed by atoms with Crippen LogP contribution in [-0.2, 0) is 20.7 Å². The highest BCUT2D eigenvalue weighted by atomic mass is 35.5. The smallest absolute Gasteiger partial charge is 0.306 e. The molecule has 2 amide bonds. The SMILES string of the molecule is CC(C)c1ccc(CCNC(=O)COC(=O)CCCNC(=O)c2ccc(Cl)cc2)cc1. The summed E-state index contributed by atoms with van der Waals surface area (Å²) in [6.45, 7) is 4.80. The molecule has 0 heterocycles. The molecule has 2 rings (SSSR count). The van der Waals surface area contributed by atoms with Crippen LogP contribution in [0.1, 0.15) is 54.1 Å². The Hall–Kier alpha value is -2.86. The van der Waals surface area contributed by atoms with Crippen molar-refractivity contribution in [1.29, 1.82) is 0 Å². The number of nitrogens with one attached hydrogen (secondary N) is 2. The summed E-state index contributed by atoms with van der Waals surface area (Å²) >= 11 is 5.79. The van der Waals surface area contributed by atoms with Crippen LogP contribution in [0.5, 0.6) is 0 Å². The zero-order valence-corrected chi connectivity index (χ0v) is 18.7. The molecule has 0 aliphatic rings. The molecule has 0 aliphatic heterocycles. The minimum absolute atomic E-state index is 0.121. The van der Waals surface area contributed by atoms with Crippen LogP contribution in [0.2, 0.25) is 5.02 Å². The van der Waals surface area contributed by atoms with Gasteiger partial charge in [0.25, 0.3) is 11.8 Å². The maximum atomic E-state index is 11.9. The van der Waals surface area contributed by atoms with Crippen molar-refractivity contribution in [3.8, 4) is 0 Å². The van der Waals surface area contributed by atoms with Gasteiger partial charge in [-0.1, -0.05) is 49.7 Å². The highest BCUT2D eigenvalue weighted by molar-refractivity contribution is 6.30. The van der Waals surface area contributed by atoms with Gasteiger partial charge in [-0.2, -0.15) is 0 Å². The minimum Gasteiger partial charge on any atom is -0.456 e. The highest BCUT2D eigenvalue weighted by Crippen LogP contribution is 2.14. The molecule has 7 heteroatoms. The minimum atomic E-state index is -0.472. The fourth-order valence-corrected chi connectivity index (χ4v) is 2.95. The van der Waals surface area contributed by atoms with Crippen molar-refractivity contribution >= 4 is 29.4 Å². The third-order valence-electron chi connectivity index (χ3n) is 4.70. The number of rotatable bonds is 11. The van der Waals surface area contributed by atoms with Gasteiger partial charge < -0.3 is 15.4 Å². The van der Waals surface area contributed by atoms with E-state index >= 15 is 0 Å². The number of hydrogen-bond acceptors (Lipinski definition) is 4. The molecule has 0 saturated carbocycles. The molecule has 0 saturated heterocycles. The van der Waals surface area contributed by atoms with E-state index in [4.69, 9.17) is 16.3 Å². The molecule has 31 heavy (non-hydrogen) atoms. The molecule has 2 aromatic carbocycles. The lowest BCUT2D eigenvalue weighted by Crippen LogP contribution is -2.30. The summed E-state index contributed by atoms with van der Waals surface area (Å²) in [5.41, 5.74) is 2.92. The predicted molar refractivity (Wildman–Crippen MR) is 121 cm³/mol. The average Bonchev–Trinajstić information content (AvgIpc) is 2.76. The van der Waals surface area contributed by atoms with Crippen LogP contribution >= 0.6 is 11.6 Å². The second kappa shape index (κ2) is 12.7. The van der Waals surface area contributed by atoms with Crippen LogP contribution in [0.3, 0.4) is 0 Å².